The number of esters is 1. The van der Waals surface area contributed by atoms with Gasteiger partial charge in [-0.2, -0.15) is 0 Å². The summed E-state index contributed by atoms with van der Waals surface area (Å²) in [5.41, 5.74) is 1.08. The lowest BCUT2D eigenvalue weighted by molar-refractivity contribution is -0.145. The van der Waals surface area contributed by atoms with Crippen LogP contribution in [0.15, 0.2) is 12.5 Å². The van der Waals surface area contributed by atoms with Crippen molar-refractivity contribution in [2.24, 2.45) is 13.0 Å². The van der Waals surface area contributed by atoms with Gasteiger partial charge >= 0.3 is 5.97 Å². The summed E-state index contributed by atoms with van der Waals surface area (Å²) < 4.78 is 6.75. The smallest absolute Gasteiger partial charge is 0.310 e. The van der Waals surface area contributed by atoms with Crippen molar-refractivity contribution in [3.63, 3.8) is 0 Å². The van der Waals surface area contributed by atoms with E-state index >= 15 is 0 Å². The van der Waals surface area contributed by atoms with Crippen LogP contribution in [-0.2, 0) is 16.6 Å². The molecule has 1 aromatic rings. The Morgan fingerprint density at radius 3 is 3.07 bits per heavy atom. The van der Waals surface area contributed by atoms with Crippen molar-refractivity contribution in [2.45, 2.75) is 5.92 Å². The minimum Gasteiger partial charge on any atom is -0.469 e. The number of methoxy groups -OCH3 is 1. The molecule has 15 heavy (non-hydrogen) atoms. The topological polar surface area (TPSA) is 56.1 Å². The molecule has 1 fully saturated rings. The second-order valence-electron chi connectivity index (χ2n) is 3.82. The van der Waals surface area contributed by atoms with Crippen LogP contribution in [0.3, 0.4) is 0 Å². The van der Waals surface area contributed by atoms with Crippen LogP contribution < -0.4 is 5.32 Å². The van der Waals surface area contributed by atoms with Gasteiger partial charge < -0.3 is 14.6 Å². The quantitative estimate of drug-likeness (QED) is 0.691. The van der Waals surface area contributed by atoms with Gasteiger partial charge in [0.25, 0.3) is 0 Å². The van der Waals surface area contributed by atoms with E-state index in [4.69, 9.17) is 4.74 Å². The number of carbonyl (C=O) groups excluding carboxylic acids is 1. The molecular weight excluding hydrogens is 194 g/mol. The molecule has 1 aliphatic rings. The Morgan fingerprint density at radius 2 is 2.47 bits per heavy atom. The summed E-state index contributed by atoms with van der Waals surface area (Å²) in [7, 11) is 3.37. The van der Waals surface area contributed by atoms with Gasteiger partial charge in [0.1, 0.15) is 0 Å². The van der Waals surface area contributed by atoms with Crippen molar-refractivity contribution in [2.75, 3.05) is 20.2 Å². The van der Waals surface area contributed by atoms with Crippen molar-refractivity contribution < 1.29 is 9.53 Å². The SMILES string of the molecule is COC(=O)[C@H]1CNC[C@@H]1c1cncn1C. The molecule has 0 saturated carbocycles. The first-order valence-electron chi connectivity index (χ1n) is 4.98. The van der Waals surface area contributed by atoms with Crippen molar-refractivity contribution >= 4 is 5.97 Å². The molecule has 0 radical (unpaired) electrons. The Hall–Kier alpha value is -1.36. The van der Waals surface area contributed by atoms with Crippen molar-refractivity contribution in [1.82, 2.24) is 14.9 Å². The molecule has 0 aliphatic carbocycles. The summed E-state index contributed by atoms with van der Waals surface area (Å²) in [6.45, 7) is 1.49. The lowest BCUT2D eigenvalue weighted by Gasteiger charge is -2.16. The lowest BCUT2D eigenvalue weighted by Crippen LogP contribution is -2.23. The number of hydrogen-bond donors (Lipinski definition) is 1. The molecule has 1 N–H and O–H groups in total. The molecule has 1 saturated heterocycles. The van der Waals surface area contributed by atoms with Gasteiger partial charge in [-0.1, -0.05) is 0 Å². The molecule has 0 bridgehead atoms. The molecule has 0 unspecified atom stereocenters. The highest BCUT2D eigenvalue weighted by Crippen LogP contribution is 2.28. The summed E-state index contributed by atoms with van der Waals surface area (Å²) in [4.78, 5) is 15.6. The van der Waals surface area contributed by atoms with Crippen LogP contribution in [0.25, 0.3) is 0 Å². The van der Waals surface area contributed by atoms with Crippen LogP contribution in [0.4, 0.5) is 0 Å². The lowest BCUT2D eigenvalue weighted by atomic mass is 9.93. The fraction of sp³-hybridized carbons (Fsp3) is 0.600. The van der Waals surface area contributed by atoms with Crippen molar-refractivity contribution in [1.29, 1.82) is 0 Å². The summed E-state index contributed by atoms with van der Waals surface area (Å²) in [5, 5.41) is 3.21. The standard InChI is InChI=1S/C10H15N3O2/c1-13-6-12-5-9(13)7-3-11-4-8(7)10(14)15-2/h5-8,11H,3-4H2,1-2H3/t7-,8-/m0/s1. The predicted molar refractivity (Wildman–Crippen MR) is 54.3 cm³/mol. The Bertz CT molecular complexity index is 361. The van der Waals surface area contributed by atoms with E-state index in [1.807, 2.05) is 17.8 Å². The molecule has 2 heterocycles. The number of carbonyl (C=O) groups is 1. The third kappa shape index (κ3) is 1.74. The van der Waals surface area contributed by atoms with Gasteiger partial charge in [0.2, 0.25) is 0 Å². The zero-order chi connectivity index (χ0) is 10.8. The maximum Gasteiger partial charge on any atom is 0.310 e. The largest absolute Gasteiger partial charge is 0.469 e. The van der Waals surface area contributed by atoms with E-state index in [0.717, 1.165) is 12.2 Å². The van der Waals surface area contributed by atoms with Crippen LogP contribution in [0.2, 0.25) is 0 Å². The van der Waals surface area contributed by atoms with Gasteiger partial charge in [-0.25, -0.2) is 4.98 Å². The number of imidazole rings is 1. The zero-order valence-corrected chi connectivity index (χ0v) is 8.93. The number of aryl methyl sites for hydroxylation is 1. The van der Waals surface area contributed by atoms with E-state index in [1.54, 1.807) is 6.33 Å². The third-order valence-corrected chi connectivity index (χ3v) is 2.95. The number of aromatic nitrogens is 2. The van der Waals surface area contributed by atoms with Crippen molar-refractivity contribution in [3.05, 3.63) is 18.2 Å². The highest BCUT2D eigenvalue weighted by atomic mass is 16.5. The molecule has 5 heteroatoms. The van der Waals surface area contributed by atoms with Crippen LogP contribution in [0.1, 0.15) is 11.6 Å². The second-order valence-corrected chi connectivity index (χ2v) is 3.82. The van der Waals surface area contributed by atoms with Crippen LogP contribution in [0, 0.1) is 5.92 Å². The molecular formula is C10H15N3O2. The summed E-state index contributed by atoms with van der Waals surface area (Å²) in [6, 6.07) is 0. The Morgan fingerprint density at radius 1 is 1.67 bits per heavy atom. The van der Waals surface area contributed by atoms with E-state index in [-0.39, 0.29) is 17.8 Å². The third-order valence-electron chi connectivity index (χ3n) is 2.95. The first-order valence-corrected chi connectivity index (χ1v) is 4.98. The first-order chi connectivity index (χ1) is 7.24. The summed E-state index contributed by atoms with van der Waals surface area (Å²) >= 11 is 0. The summed E-state index contributed by atoms with van der Waals surface area (Å²) in [6.07, 6.45) is 3.57. The van der Waals surface area contributed by atoms with Gasteiger partial charge in [-0.3, -0.25) is 4.79 Å². The fourth-order valence-electron chi connectivity index (χ4n) is 2.11. The molecule has 0 spiro atoms. The van der Waals surface area contributed by atoms with E-state index in [2.05, 4.69) is 10.3 Å². The van der Waals surface area contributed by atoms with Crippen LogP contribution in [-0.4, -0.2) is 35.7 Å². The number of hydrogen-bond acceptors (Lipinski definition) is 4. The number of ether oxygens (including phenoxy) is 1. The number of rotatable bonds is 2. The maximum atomic E-state index is 11.5. The normalized spacial score (nSPS) is 25.5. The van der Waals surface area contributed by atoms with Gasteiger partial charge in [-0.15, -0.1) is 0 Å². The average molecular weight is 209 g/mol. The second kappa shape index (κ2) is 4.02. The molecule has 0 aromatic carbocycles. The minimum absolute atomic E-state index is 0.0922. The Kier molecular flexibility index (Phi) is 2.73. The molecule has 2 rings (SSSR count). The van der Waals surface area contributed by atoms with E-state index in [1.165, 1.54) is 7.11 Å². The average Bonchev–Trinajstić information content (AvgIpc) is 2.84. The minimum atomic E-state index is -0.147. The Labute approximate surface area is 88.4 Å². The first kappa shape index (κ1) is 10.2. The van der Waals surface area contributed by atoms with E-state index < -0.39 is 0 Å². The van der Waals surface area contributed by atoms with Gasteiger partial charge in [0.05, 0.1) is 19.4 Å². The molecule has 2 atom stereocenters. The monoisotopic (exact) mass is 209 g/mol. The number of nitrogens with one attached hydrogen (secondary N) is 1. The molecule has 1 aromatic heterocycles. The highest BCUT2D eigenvalue weighted by Gasteiger charge is 2.36. The maximum absolute atomic E-state index is 11.5. The molecule has 0 amide bonds. The van der Waals surface area contributed by atoms with Gasteiger partial charge in [0.15, 0.2) is 0 Å². The predicted octanol–water partition coefficient (Wildman–Crippen LogP) is -0.104. The van der Waals surface area contributed by atoms with Crippen molar-refractivity contribution in [3.8, 4) is 0 Å². The molecule has 82 valence electrons. The zero-order valence-electron chi connectivity index (χ0n) is 8.93. The van der Waals surface area contributed by atoms with E-state index in [9.17, 15) is 4.79 Å². The molecule has 1 aliphatic heterocycles. The van der Waals surface area contributed by atoms with Gasteiger partial charge in [-0.05, 0) is 0 Å². The highest BCUT2D eigenvalue weighted by molar-refractivity contribution is 5.74. The molecule has 5 nitrogen and oxygen atoms in total. The van der Waals surface area contributed by atoms with Crippen LogP contribution >= 0.6 is 0 Å². The fourth-order valence-corrected chi connectivity index (χ4v) is 2.11. The van der Waals surface area contributed by atoms with E-state index in [0.29, 0.717) is 6.54 Å². The summed E-state index contributed by atoms with van der Waals surface area (Å²) in [5.74, 6) is -0.0680. The number of nitrogens with zero attached hydrogens (tertiary/aromatic N) is 2. The van der Waals surface area contributed by atoms with Crippen LogP contribution in [0.5, 0.6) is 0 Å². The van der Waals surface area contributed by atoms with Gasteiger partial charge in [0, 0.05) is 37.9 Å². The Balaban J connectivity index is 2.22.